The summed E-state index contributed by atoms with van der Waals surface area (Å²) in [4.78, 5) is 15.4. The van der Waals surface area contributed by atoms with Crippen LogP contribution in [0, 0.1) is 5.82 Å². The Morgan fingerprint density at radius 3 is 2.74 bits per heavy atom. The summed E-state index contributed by atoms with van der Waals surface area (Å²) in [7, 11) is 0. The molecule has 0 unspecified atom stereocenters. The zero-order chi connectivity index (χ0) is 13.7. The van der Waals surface area contributed by atoms with Crippen molar-refractivity contribution in [3.05, 3.63) is 54.1 Å². The number of nitrogens with zero attached hydrogens (tertiary/aromatic N) is 1. The molecule has 0 saturated heterocycles. The largest absolute Gasteiger partial charge is 0.461 e. The van der Waals surface area contributed by atoms with E-state index in [1.54, 1.807) is 31.2 Å². The number of anilines is 2. The van der Waals surface area contributed by atoms with Gasteiger partial charge in [-0.3, -0.25) is 0 Å². The molecule has 2 aromatic rings. The lowest BCUT2D eigenvalue weighted by molar-refractivity contribution is 0.0519. The fraction of sp³-hybridized carbons (Fsp3) is 0.143. The molecule has 0 radical (unpaired) electrons. The minimum Gasteiger partial charge on any atom is -0.461 e. The Balaban J connectivity index is 2.11. The molecule has 0 fully saturated rings. The van der Waals surface area contributed by atoms with Gasteiger partial charge in [-0.2, -0.15) is 0 Å². The second-order valence-corrected chi connectivity index (χ2v) is 3.76. The smallest absolute Gasteiger partial charge is 0.356 e. The van der Waals surface area contributed by atoms with E-state index in [1.165, 1.54) is 18.3 Å². The van der Waals surface area contributed by atoms with Crippen LogP contribution in [0.1, 0.15) is 17.4 Å². The molecule has 1 aromatic heterocycles. The van der Waals surface area contributed by atoms with Crippen LogP contribution in [0.4, 0.5) is 15.8 Å². The highest BCUT2D eigenvalue weighted by atomic mass is 19.1. The van der Waals surface area contributed by atoms with Crippen LogP contribution >= 0.6 is 0 Å². The van der Waals surface area contributed by atoms with Gasteiger partial charge in [-0.05, 0) is 31.2 Å². The van der Waals surface area contributed by atoms with E-state index in [0.29, 0.717) is 18.0 Å². The summed E-state index contributed by atoms with van der Waals surface area (Å²) < 4.78 is 18.2. The molecule has 0 bridgehead atoms. The van der Waals surface area contributed by atoms with Gasteiger partial charge in [-0.1, -0.05) is 12.1 Å². The van der Waals surface area contributed by atoms with E-state index in [2.05, 4.69) is 10.3 Å². The van der Waals surface area contributed by atoms with E-state index in [-0.39, 0.29) is 11.5 Å². The number of esters is 1. The first-order valence-corrected chi connectivity index (χ1v) is 5.85. The van der Waals surface area contributed by atoms with E-state index in [4.69, 9.17) is 4.74 Å². The molecule has 98 valence electrons. The number of nitrogens with one attached hydrogen (secondary N) is 1. The van der Waals surface area contributed by atoms with E-state index < -0.39 is 5.97 Å². The number of carbonyl (C=O) groups is 1. The summed E-state index contributed by atoms with van der Waals surface area (Å²) in [6.45, 7) is 2.03. The van der Waals surface area contributed by atoms with Gasteiger partial charge in [-0.15, -0.1) is 0 Å². The van der Waals surface area contributed by atoms with Gasteiger partial charge in [0.05, 0.1) is 24.2 Å². The maximum absolute atomic E-state index is 13.4. The second kappa shape index (κ2) is 5.95. The zero-order valence-corrected chi connectivity index (χ0v) is 10.4. The minimum absolute atomic E-state index is 0.223. The van der Waals surface area contributed by atoms with Gasteiger partial charge in [0.25, 0.3) is 0 Å². The Kier molecular flexibility index (Phi) is 4.07. The molecule has 0 aliphatic carbocycles. The molecule has 1 N–H and O–H groups in total. The quantitative estimate of drug-likeness (QED) is 0.858. The summed E-state index contributed by atoms with van der Waals surface area (Å²) >= 11 is 0. The number of rotatable bonds is 4. The van der Waals surface area contributed by atoms with Gasteiger partial charge < -0.3 is 10.1 Å². The highest BCUT2D eigenvalue weighted by Gasteiger charge is 2.08. The number of pyridine rings is 1. The lowest BCUT2D eigenvalue weighted by atomic mass is 10.3. The third kappa shape index (κ3) is 3.28. The molecule has 0 amide bonds. The molecule has 4 nitrogen and oxygen atoms in total. The molecular formula is C14H13FN2O2. The average Bonchev–Trinajstić information content (AvgIpc) is 2.42. The topological polar surface area (TPSA) is 51.2 Å². The summed E-state index contributed by atoms with van der Waals surface area (Å²) in [5, 5.41) is 2.88. The molecule has 5 heteroatoms. The Morgan fingerprint density at radius 1 is 1.32 bits per heavy atom. The van der Waals surface area contributed by atoms with Crippen molar-refractivity contribution in [1.82, 2.24) is 4.98 Å². The van der Waals surface area contributed by atoms with Crippen LogP contribution in [0.5, 0.6) is 0 Å². The third-order valence-corrected chi connectivity index (χ3v) is 2.40. The van der Waals surface area contributed by atoms with Crippen molar-refractivity contribution < 1.29 is 13.9 Å². The third-order valence-electron chi connectivity index (χ3n) is 2.40. The zero-order valence-electron chi connectivity index (χ0n) is 10.4. The van der Waals surface area contributed by atoms with Crippen molar-refractivity contribution in [3.63, 3.8) is 0 Å². The molecule has 19 heavy (non-hydrogen) atoms. The van der Waals surface area contributed by atoms with Crippen molar-refractivity contribution in [1.29, 1.82) is 0 Å². The average molecular weight is 260 g/mol. The fourth-order valence-electron chi connectivity index (χ4n) is 1.51. The predicted molar refractivity (Wildman–Crippen MR) is 69.9 cm³/mol. The standard InChI is InChI=1S/C14H13FN2O2/c1-2-19-14(18)13-8-7-10(9-16-13)17-12-6-4-3-5-11(12)15/h3-9,17H,2H2,1H3. The lowest BCUT2D eigenvalue weighted by Gasteiger charge is -2.07. The molecule has 0 atom stereocenters. The molecule has 0 spiro atoms. The van der Waals surface area contributed by atoms with Crippen molar-refractivity contribution in [2.45, 2.75) is 6.92 Å². The van der Waals surface area contributed by atoms with Gasteiger partial charge in [0.15, 0.2) is 0 Å². The SMILES string of the molecule is CCOC(=O)c1ccc(Nc2ccccc2F)cn1. The van der Waals surface area contributed by atoms with Gasteiger partial charge in [0, 0.05) is 0 Å². The van der Waals surface area contributed by atoms with E-state index >= 15 is 0 Å². The summed E-state index contributed by atoms with van der Waals surface area (Å²) in [5.41, 5.74) is 1.17. The maximum atomic E-state index is 13.4. The number of aromatic nitrogens is 1. The van der Waals surface area contributed by atoms with Crippen LogP contribution in [0.3, 0.4) is 0 Å². The van der Waals surface area contributed by atoms with Crippen LogP contribution in [0.15, 0.2) is 42.6 Å². The Bertz CT molecular complexity index is 570. The van der Waals surface area contributed by atoms with Crippen LogP contribution in [-0.4, -0.2) is 17.6 Å². The number of ether oxygens (including phenoxy) is 1. The van der Waals surface area contributed by atoms with Gasteiger partial charge in [-0.25, -0.2) is 14.2 Å². The molecular weight excluding hydrogens is 247 g/mol. The number of para-hydroxylation sites is 1. The van der Waals surface area contributed by atoms with Crippen molar-refractivity contribution >= 4 is 17.3 Å². The van der Waals surface area contributed by atoms with Crippen molar-refractivity contribution in [3.8, 4) is 0 Å². The number of benzene rings is 1. The van der Waals surface area contributed by atoms with Gasteiger partial charge in [0.2, 0.25) is 0 Å². The van der Waals surface area contributed by atoms with Gasteiger partial charge in [0.1, 0.15) is 11.5 Å². The number of hydrogen-bond acceptors (Lipinski definition) is 4. The summed E-state index contributed by atoms with van der Waals surface area (Å²) in [5.74, 6) is -0.822. The molecule has 0 saturated carbocycles. The second-order valence-electron chi connectivity index (χ2n) is 3.76. The first-order valence-electron chi connectivity index (χ1n) is 5.85. The first kappa shape index (κ1) is 13.0. The van der Waals surface area contributed by atoms with Gasteiger partial charge >= 0.3 is 5.97 Å². The minimum atomic E-state index is -0.472. The molecule has 0 aliphatic rings. The summed E-state index contributed by atoms with van der Waals surface area (Å²) in [6.07, 6.45) is 1.46. The number of halogens is 1. The Morgan fingerprint density at radius 2 is 2.11 bits per heavy atom. The van der Waals surface area contributed by atoms with Crippen LogP contribution < -0.4 is 5.32 Å². The molecule has 1 heterocycles. The Labute approximate surface area is 110 Å². The molecule has 1 aromatic carbocycles. The normalized spacial score (nSPS) is 10.0. The maximum Gasteiger partial charge on any atom is 0.356 e. The molecule has 0 aliphatic heterocycles. The fourth-order valence-corrected chi connectivity index (χ4v) is 1.51. The Hall–Kier alpha value is -2.43. The van der Waals surface area contributed by atoms with Crippen LogP contribution in [0.25, 0.3) is 0 Å². The lowest BCUT2D eigenvalue weighted by Crippen LogP contribution is -2.07. The number of hydrogen-bond donors (Lipinski definition) is 1. The van der Waals surface area contributed by atoms with E-state index in [1.807, 2.05) is 0 Å². The number of carbonyl (C=O) groups excluding carboxylic acids is 1. The first-order chi connectivity index (χ1) is 9.20. The van der Waals surface area contributed by atoms with Crippen LogP contribution in [0.2, 0.25) is 0 Å². The molecule has 2 rings (SSSR count). The highest BCUT2D eigenvalue weighted by Crippen LogP contribution is 2.18. The van der Waals surface area contributed by atoms with Crippen LogP contribution in [-0.2, 0) is 4.74 Å². The summed E-state index contributed by atoms with van der Waals surface area (Å²) in [6, 6.07) is 9.50. The van der Waals surface area contributed by atoms with Crippen molar-refractivity contribution in [2.24, 2.45) is 0 Å². The van der Waals surface area contributed by atoms with Crippen molar-refractivity contribution in [2.75, 3.05) is 11.9 Å². The predicted octanol–water partition coefficient (Wildman–Crippen LogP) is 3.14. The monoisotopic (exact) mass is 260 g/mol. The highest BCUT2D eigenvalue weighted by molar-refractivity contribution is 5.87. The van der Waals surface area contributed by atoms with E-state index in [9.17, 15) is 9.18 Å². The van der Waals surface area contributed by atoms with E-state index in [0.717, 1.165) is 0 Å².